The monoisotopic (exact) mass is 384 g/mol. The molecule has 2 aromatic heterocycles. The number of benzene rings is 1. The van der Waals surface area contributed by atoms with E-state index < -0.39 is 0 Å². The number of halogens is 1. The third-order valence-corrected chi connectivity index (χ3v) is 5.15. The maximum absolute atomic E-state index is 14.1. The van der Waals surface area contributed by atoms with Gasteiger partial charge in [-0.3, -0.25) is 4.79 Å². The molecule has 1 aromatic carbocycles. The average Bonchev–Trinajstić information content (AvgIpc) is 3.02. The molecule has 0 spiro atoms. The lowest BCUT2D eigenvalue weighted by Crippen LogP contribution is -2.32. The van der Waals surface area contributed by atoms with Crippen molar-refractivity contribution in [2.24, 2.45) is 0 Å². The summed E-state index contributed by atoms with van der Waals surface area (Å²) in [7, 11) is 0. The van der Waals surface area contributed by atoms with E-state index >= 15 is 0 Å². The summed E-state index contributed by atoms with van der Waals surface area (Å²) in [6.07, 6.45) is 5.80. The van der Waals surface area contributed by atoms with Crippen LogP contribution in [0.15, 0.2) is 41.6 Å². The Morgan fingerprint density at radius 3 is 2.96 bits per heavy atom. The lowest BCUT2D eigenvalue weighted by molar-refractivity contribution is 0.0946. The Balaban J connectivity index is 1.85. The molecular formula is C18H17FN6OS. The molecular weight excluding hydrogens is 367 g/mol. The summed E-state index contributed by atoms with van der Waals surface area (Å²) in [5.41, 5.74) is 8.24. The lowest BCUT2D eigenvalue weighted by atomic mass is 10.1. The van der Waals surface area contributed by atoms with Crippen LogP contribution >= 0.6 is 11.8 Å². The van der Waals surface area contributed by atoms with E-state index in [4.69, 9.17) is 5.73 Å². The first kappa shape index (κ1) is 17.3. The summed E-state index contributed by atoms with van der Waals surface area (Å²) in [6, 6.07) is 6.55. The Labute approximate surface area is 159 Å². The number of nitrogens with zero attached hydrogens (tertiary/aromatic N) is 3. The molecule has 0 bridgehead atoms. The van der Waals surface area contributed by atoms with Gasteiger partial charge in [0.05, 0.1) is 21.8 Å². The van der Waals surface area contributed by atoms with Crippen molar-refractivity contribution in [3.63, 3.8) is 0 Å². The molecule has 3 aromatic rings. The molecule has 0 saturated carbocycles. The van der Waals surface area contributed by atoms with E-state index in [2.05, 4.69) is 20.6 Å². The Hall–Kier alpha value is -3.07. The second kappa shape index (κ2) is 6.92. The van der Waals surface area contributed by atoms with Gasteiger partial charge in [0.2, 0.25) is 5.95 Å². The Morgan fingerprint density at radius 1 is 1.33 bits per heavy atom. The van der Waals surface area contributed by atoms with E-state index in [0.717, 1.165) is 5.69 Å². The minimum atomic E-state index is -0.311. The number of amides is 1. The van der Waals surface area contributed by atoms with Crippen LogP contribution in [-0.4, -0.2) is 33.2 Å². The number of nitrogens with one attached hydrogen (secondary N) is 2. The fraction of sp³-hybridized carbons (Fsp3) is 0.167. The standard InChI is InChI=1S/C18H17FN6OS/c1-27-16-10(19)3-2-4-11(16)23-12-9-25(14-6-8-22-18(20)24-14)13-5-7-21-17(26)15(12)13/h2-4,6,8-9,23H,5,7H2,1H3,(H,21,26)(H2,20,22,24). The maximum atomic E-state index is 14.1. The summed E-state index contributed by atoms with van der Waals surface area (Å²) >= 11 is 1.30. The second-order valence-electron chi connectivity index (χ2n) is 5.96. The quantitative estimate of drug-likeness (QED) is 0.599. The van der Waals surface area contributed by atoms with Crippen LogP contribution in [0.5, 0.6) is 0 Å². The maximum Gasteiger partial charge on any atom is 0.255 e. The van der Waals surface area contributed by atoms with Crippen molar-refractivity contribution in [1.82, 2.24) is 19.9 Å². The van der Waals surface area contributed by atoms with Crippen LogP contribution in [0.25, 0.3) is 5.82 Å². The van der Waals surface area contributed by atoms with Gasteiger partial charge in [0, 0.05) is 31.1 Å². The van der Waals surface area contributed by atoms with Gasteiger partial charge in [-0.1, -0.05) is 6.07 Å². The molecule has 0 unspecified atom stereocenters. The molecule has 0 aliphatic carbocycles. The molecule has 0 atom stereocenters. The molecule has 9 heteroatoms. The molecule has 0 saturated heterocycles. The molecule has 7 nitrogen and oxygen atoms in total. The number of anilines is 3. The number of aromatic nitrogens is 3. The van der Waals surface area contributed by atoms with Gasteiger partial charge < -0.3 is 20.9 Å². The Morgan fingerprint density at radius 2 is 2.19 bits per heavy atom. The molecule has 1 aliphatic heterocycles. The molecule has 4 N–H and O–H groups in total. The number of carbonyl (C=O) groups excluding carboxylic acids is 1. The fourth-order valence-corrected chi connectivity index (χ4v) is 3.79. The zero-order chi connectivity index (χ0) is 19.0. The van der Waals surface area contributed by atoms with Crippen molar-refractivity contribution in [2.75, 3.05) is 23.9 Å². The minimum absolute atomic E-state index is 0.152. The third-order valence-electron chi connectivity index (χ3n) is 4.33. The number of rotatable bonds is 4. The van der Waals surface area contributed by atoms with Gasteiger partial charge in [-0.25, -0.2) is 9.37 Å². The number of thioether (sulfide) groups is 1. The highest BCUT2D eigenvalue weighted by Gasteiger charge is 2.27. The van der Waals surface area contributed by atoms with Crippen LogP contribution in [-0.2, 0) is 6.42 Å². The summed E-state index contributed by atoms with van der Waals surface area (Å²) in [6.45, 7) is 0.534. The van der Waals surface area contributed by atoms with Crippen LogP contribution in [0.4, 0.5) is 21.7 Å². The minimum Gasteiger partial charge on any atom is -0.368 e. The summed E-state index contributed by atoms with van der Waals surface area (Å²) in [4.78, 5) is 21.2. The third kappa shape index (κ3) is 3.10. The van der Waals surface area contributed by atoms with Crippen molar-refractivity contribution >= 4 is 35.0 Å². The number of carbonyl (C=O) groups is 1. The van der Waals surface area contributed by atoms with Gasteiger partial charge in [0.25, 0.3) is 5.91 Å². The molecule has 1 amide bonds. The van der Waals surface area contributed by atoms with Crippen molar-refractivity contribution in [2.45, 2.75) is 11.3 Å². The van der Waals surface area contributed by atoms with Crippen LogP contribution in [0, 0.1) is 5.82 Å². The van der Waals surface area contributed by atoms with Crippen molar-refractivity contribution in [1.29, 1.82) is 0 Å². The molecule has 0 radical (unpaired) electrons. The van der Waals surface area contributed by atoms with Gasteiger partial charge in [-0.05, 0) is 24.5 Å². The Kier molecular flexibility index (Phi) is 4.44. The molecule has 27 heavy (non-hydrogen) atoms. The number of fused-ring (bicyclic) bond motifs is 1. The smallest absolute Gasteiger partial charge is 0.255 e. The van der Waals surface area contributed by atoms with Crippen molar-refractivity contribution in [3.8, 4) is 5.82 Å². The number of nitrogens with two attached hydrogens (primary N) is 1. The van der Waals surface area contributed by atoms with Crippen molar-refractivity contribution < 1.29 is 9.18 Å². The fourth-order valence-electron chi connectivity index (χ4n) is 3.19. The van der Waals surface area contributed by atoms with E-state index in [9.17, 15) is 9.18 Å². The molecule has 1 aliphatic rings. The highest BCUT2D eigenvalue weighted by atomic mass is 32.2. The van der Waals surface area contributed by atoms with Gasteiger partial charge in [0.15, 0.2) is 0 Å². The number of hydrogen-bond acceptors (Lipinski definition) is 6. The van der Waals surface area contributed by atoms with Gasteiger partial charge in [0.1, 0.15) is 11.6 Å². The SMILES string of the molecule is CSc1c(F)cccc1Nc1cn(-c2ccnc(N)n2)c2c1C(=O)NCC2. The lowest BCUT2D eigenvalue weighted by Gasteiger charge is -2.17. The van der Waals surface area contributed by atoms with Crippen LogP contribution in [0.3, 0.4) is 0 Å². The van der Waals surface area contributed by atoms with E-state index in [1.807, 2.05) is 4.57 Å². The summed E-state index contributed by atoms with van der Waals surface area (Å²) in [5, 5.41) is 6.06. The predicted molar refractivity (Wildman–Crippen MR) is 103 cm³/mol. The normalized spacial score (nSPS) is 13.2. The Bertz CT molecular complexity index is 1030. The highest BCUT2D eigenvalue weighted by molar-refractivity contribution is 7.98. The zero-order valence-corrected chi connectivity index (χ0v) is 15.3. The number of hydrogen-bond donors (Lipinski definition) is 3. The number of nitrogen functional groups attached to an aromatic ring is 1. The van der Waals surface area contributed by atoms with Crippen LogP contribution < -0.4 is 16.4 Å². The molecule has 4 rings (SSSR count). The van der Waals surface area contributed by atoms with Crippen LogP contribution in [0.1, 0.15) is 16.1 Å². The van der Waals surface area contributed by atoms with Gasteiger partial charge in [-0.2, -0.15) is 4.98 Å². The van der Waals surface area contributed by atoms with Crippen molar-refractivity contribution in [3.05, 3.63) is 53.7 Å². The van der Waals surface area contributed by atoms with E-state index in [1.54, 1.807) is 36.8 Å². The van der Waals surface area contributed by atoms with E-state index in [-0.39, 0.29) is 17.7 Å². The molecule has 3 heterocycles. The average molecular weight is 384 g/mol. The zero-order valence-electron chi connectivity index (χ0n) is 14.5. The molecule has 138 valence electrons. The first-order chi connectivity index (χ1) is 13.1. The first-order valence-electron chi connectivity index (χ1n) is 8.29. The van der Waals surface area contributed by atoms with Gasteiger partial charge >= 0.3 is 0 Å². The van der Waals surface area contributed by atoms with Crippen LogP contribution in [0.2, 0.25) is 0 Å². The summed E-state index contributed by atoms with van der Waals surface area (Å²) in [5.74, 6) is 0.237. The highest BCUT2D eigenvalue weighted by Crippen LogP contribution is 2.34. The van der Waals surface area contributed by atoms with Gasteiger partial charge in [-0.15, -0.1) is 11.8 Å². The van der Waals surface area contributed by atoms with E-state index in [0.29, 0.717) is 40.6 Å². The predicted octanol–water partition coefficient (Wildman–Crippen LogP) is 2.74. The molecule has 0 fully saturated rings. The first-order valence-corrected chi connectivity index (χ1v) is 9.52. The summed E-state index contributed by atoms with van der Waals surface area (Å²) < 4.78 is 15.9. The van der Waals surface area contributed by atoms with E-state index in [1.165, 1.54) is 17.8 Å². The topological polar surface area (TPSA) is 97.9 Å². The second-order valence-corrected chi connectivity index (χ2v) is 6.78. The largest absolute Gasteiger partial charge is 0.368 e.